The van der Waals surface area contributed by atoms with Crippen molar-refractivity contribution in [1.82, 2.24) is 4.90 Å². The van der Waals surface area contributed by atoms with E-state index in [2.05, 4.69) is 5.32 Å². The molecule has 1 N–H and O–H groups in total. The predicted octanol–water partition coefficient (Wildman–Crippen LogP) is 4.98. The summed E-state index contributed by atoms with van der Waals surface area (Å²) < 4.78 is 21.6. The average Bonchev–Trinajstić information content (AvgIpc) is 3.40. The summed E-state index contributed by atoms with van der Waals surface area (Å²) >= 11 is 1.26. The molecule has 0 aromatic heterocycles. The minimum Gasteiger partial charge on any atom is -0.497 e. The highest BCUT2D eigenvalue weighted by atomic mass is 32.2. The van der Waals surface area contributed by atoms with Gasteiger partial charge in [0.1, 0.15) is 16.7 Å². The lowest BCUT2D eigenvalue weighted by Crippen LogP contribution is -2.44. The van der Waals surface area contributed by atoms with Crippen molar-refractivity contribution in [3.63, 3.8) is 0 Å². The van der Waals surface area contributed by atoms with Gasteiger partial charge < -0.3 is 24.3 Å². The van der Waals surface area contributed by atoms with Crippen molar-refractivity contribution in [2.45, 2.75) is 25.1 Å². The first-order chi connectivity index (χ1) is 18.5. The van der Waals surface area contributed by atoms with Crippen LogP contribution in [0.2, 0.25) is 0 Å². The fourth-order valence-corrected chi connectivity index (χ4v) is 5.11. The molecular weight excluding hydrogens is 506 g/mol. The van der Waals surface area contributed by atoms with Crippen LogP contribution in [0, 0.1) is 0 Å². The maximum atomic E-state index is 13.4. The lowest BCUT2D eigenvalue weighted by Gasteiger charge is -2.32. The molecule has 5 rings (SSSR count). The summed E-state index contributed by atoms with van der Waals surface area (Å²) in [6.45, 7) is 2.94. The zero-order chi connectivity index (χ0) is 26.5. The van der Waals surface area contributed by atoms with E-state index in [4.69, 9.17) is 23.9 Å². The van der Waals surface area contributed by atoms with Crippen LogP contribution in [-0.2, 0) is 16.1 Å². The number of anilines is 1. The lowest BCUT2D eigenvalue weighted by atomic mass is 10.1. The first-order valence-electron chi connectivity index (χ1n) is 12.1. The Balaban J connectivity index is 1.39. The molecule has 2 heterocycles. The van der Waals surface area contributed by atoms with Crippen molar-refractivity contribution >= 4 is 40.1 Å². The van der Waals surface area contributed by atoms with Gasteiger partial charge in [-0.15, -0.1) is 0 Å². The number of carbonyl (C=O) groups is 2. The number of nitrogens with one attached hydrogen (secondary N) is 1. The SMILES string of the molecule is CCOc1ccc(N=C2SC(C(=O)Nc3ccc(OC)cc3)CC(=O)N2Cc2ccc3c(c2)OCO3)cc1. The van der Waals surface area contributed by atoms with Gasteiger partial charge in [-0.3, -0.25) is 14.5 Å². The molecule has 2 aliphatic heterocycles. The number of hydrogen-bond acceptors (Lipinski definition) is 8. The number of fused-ring (bicyclic) bond motifs is 1. The number of thioether (sulfide) groups is 1. The van der Waals surface area contributed by atoms with Gasteiger partial charge in [0.05, 0.1) is 25.9 Å². The zero-order valence-corrected chi connectivity index (χ0v) is 21.8. The van der Waals surface area contributed by atoms with Crippen molar-refractivity contribution < 1.29 is 28.5 Å². The summed E-state index contributed by atoms with van der Waals surface area (Å²) in [4.78, 5) is 32.9. The van der Waals surface area contributed by atoms with E-state index in [9.17, 15) is 9.59 Å². The van der Waals surface area contributed by atoms with Crippen LogP contribution in [0.4, 0.5) is 11.4 Å². The van der Waals surface area contributed by atoms with Crippen LogP contribution in [0.25, 0.3) is 0 Å². The number of nitrogens with zero attached hydrogens (tertiary/aromatic N) is 2. The Labute approximate surface area is 224 Å². The lowest BCUT2D eigenvalue weighted by molar-refractivity contribution is -0.129. The third-order valence-corrected chi connectivity index (χ3v) is 7.13. The highest BCUT2D eigenvalue weighted by molar-refractivity contribution is 8.15. The standard InChI is InChI=1S/C28H27N3O6S/c1-3-35-22-11-7-20(8-12-22)30-28-31(16-18-4-13-23-24(14-18)37-17-36-23)26(32)15-25(38-28)27(33)29-19-5-9-21(34-2)10-6-19/h4-14,25H,3,15-17H2,1-2H3,(H,29,33). The number of carbonyl (C=O) groups excluding carboxylic acids is 2. The smallest absolute Gasteiger partial charge is 0.238 e. The normalized spacial score (nSPS) is 17.4. The van der Waals surface area contributed by atoms with Gasteiger partial charge in [-0.25, -0.2) is 4.99 Å². The first kappa shape index (κ1) is 25.5. The Kier molecular flexibility index (Phi) is 7.69. The van der Waals surface area contributed by atoms with Crippen LogP contribution >= 0.6 is 11.8 Å². The second-order valence-electron chi connectivity index (χ2n) is 8.52. The molecule has 10 heteroatoms. The number of amides is 2. The Morgan fingerprint density at radius 2 is 1.79 bits per heavy atom. The number of benzene rings is 3. The molecule has 1 saturated heterocycles. The van der Waals surface area contributed by atoms with Gasteiger partial charge in [-0.2, -0.15) is 0 Å². The molecule has 196 valence electrons. The Morgan fingerprint density at radius 3 is 2.53 bits per heavy atom. The molecule has 0 bridgehead atoms. The molecule has 1 atom stereocenters. The molecule has 38 heavy (non-hydrogen) atoms. The Bertz CT molecular complexity index is 1340. The van der Waals surface area contributed by atoms with Gasteiger partial charge in [-0.05, 0) is 73.2 Å². The van der Waals surface area contributed by atoms with Crippen LogP contribution in [0.1, 0.15) is 18.9 Å². The molecule has 0 spiro atoms. The van der Waals surface area contributed by atoms with E-state index in [1.807, 2.05) is 49.4 Å². The number of ether oxygens (including phenoxy) is 4. The highest BCUT2D eigenvalue weighted by Crippen LogP contribution is 2.35. The summed E-state index contributed by atoms with van der Waals surface area (Å²) in [5.74, 6) is 2.27. The van der Waals surface area contributed by atoms with E-state index >= 15 is 0 Å². The molecule has 0 aliphatic carbocycles. The molecule has 0 saturated carbocycles. The predicted molar refractivity (Wildman–Crippen MR) is 145 cm³/mol. The summed E-state index contributed by atoms with van der Waals surface area (Å²) in [6.07, 6.45) is 0.0412. The van der Waals surface area contributed by atoms with Gasteiger partial charge in [0.25, 0.3) is 0 Å². The molecule has 9 nitrogen and oxygen atoms in total. The van der Waals surface area contributed by atoms with Crippen LogP contribution < -0.4 is 24.3 Å². The molecule has 3 aromatic carbocycles. The van der Waals surface area contributed by atoms with Crippen LogP contribution in [0.15, 0.2) is 71.7 Å². The molecule has 2 amide bonds. The molecule has 1 unspecified atom stereocenters. The molecule has 2 aliphatic rings. The van der Waals surface area contributed by atoms with E-state index < -0.39 is 5.25 Å². The quantitative estimate of drug-likeness (QED) is 0.436. The van der Waals surface area contributed by atoms with Gasteiger partial charge in [-0.1, -0.05) is 17.8 Å². The number of aliphatic imine (C=N–C) groups is 1. The first-order valence-corrected chi connectivity index (χ1v) is 13.0. The molecular formula is C28H27N3O6S. The summed E-state index contributed by atoms with van der Waals surface area (Å²) in [6, 6.07) is 19.9. The Morgan fingerprint density at radius 1 is 1.05 bits per heavy atom. The van der Waals surface area contributed by atoms with Gasteiger partial charge in [0, 0.05) is 12.1 Å². The summed E-state index contributed by atoms with van der Waals surface area (Å²) in [5.41, 5.74) is 2.14. The van der Waals surface area contributed by atoms with E-state index in [0.717, 1.165) is 11.3 Å². The second kappa shape index (κ2) is 11.5. The highest BCUT2D eigenvalue weighted by Gasteiger charge is 2.36. The van der Waals surface area contributed by atoms with Crippen LogP contribution in [-0.4, -0.2) is 47.6 Å². The van der Waals surface area contributed by atoms with Crippen LogP contribution in [0.3, 0.4) is 0 Å². The van der Waals surface area contributed by atoms with E-state index in [1.165, 1.54) is 11.8 Å². The Hall–Kier alpha value is -4.18. The molecule has 3 aromatic rings. The minimum atomic E-state index is -0.640. The monoisotopic (exact) mass is 533 g/mol. The fourth-order valence-electron chi connectivity index (χ4n) is 4.01. The van der Waals surface area contributed by atoms with Gasteiger partial charge in [0.2, 0.25) is 18.6 Å². The second-order valence-corrected chi connectivity index (χ2v) is 9.69. The van der Waals surface area contributed by atoms with Crippen molar-refractivity contribution in [3.8, 4) is 23.0 Å². The third-order valence-electron chi connectivity index (χ3n) is 5.94. The number of amidine groups is 1. The van der Waals surface area contributed by atoms with E-state index in [-0.39, 0.29) is 31.6 Å². The van der Waals surface area contributed by atoms with Crippen molar-refractivity contribution in [2.75, 3.05) is 25.8 Å². The zero-order valence-electron chi connectivity index (χ0n) is 21.0. The van der Waals surface area contributed by atoms with E-state index in [1.54, 1.807) is 36.3 Å². The number of rotatable bonds is 8. The average molecular weight is 534 g/mol. The fraction of sp³-hybridized carbons (Fsp3) is 0.250. The van der Waals surface area contributed by atoms with E-state index in [0.29, 0.717) is 40.4 Å². The van der Waals surface area contributed by atoms with Gasteiger partial charge in [0.15, 0.2) is 16.7 Å². The topological polar surface area (TPSA) is 98.7 Å². The largest absolute Gasteiger partial charge is 0.497 e. The van der Waals surface area contributed by atoms with Gasteiger partial charge >= 0.3 is 0 Å². The summed E-state index contributed by atoms with van der Waals surface area (Å²) in [7, 11) is 1.58. The third kappa shape index (κ3) is 5.86. The minimum absolute atomic E-state index is 0.0412. The van der Waals surface area contributed by atoms with Crippen molar-refractivity contribution in [2.24, 2.45) is 4.99 Å². The molecule has 0 radical (unpaired) electrons. The summed E-state index contributed by atoms with van der Waals surface area (Å²) in [5, 5.41) is 2.70. The maximum absolute atomic E-state index is 13.4. The van der Waals surface area contributed by atoms with Crippen LogP contribution in [0.5, 0.6) is 23.0 Å². The van der Waals surface area contributed by atoms with Crippen molar-refractivity contribution in [1.29, 1.82) is 0 Å². The number of methoxy groups -OCH3 is 1. The van der Waals surface area contributed by atoms with Crippen molar-refractivity contribution in [3.05, 3.63) is 72.3 Å². The maximum Gasteiger partial charge on any atom is 0.238 e. The molecule has 1 fully saturated rings. The number of hydrogen-bond donors (Lipinski definition) is 1.